The van der Waals surface area contributed by atoms with Gasteiger partial charge in [-0.1, -0.05) is 18.6 Å². The maximum Gasteiger partial charge on any atom is 0.122 e. The smallest absolute Gasteiger partial charge is 0.122 e. The molecule has 2 atom stereocenters. The van der Waals surface area contributed by atoms with Crippen molar-refractivity contribution in [1.29, 1.82) is 0 Å². The largest absolute Gasteiger partial charge is 0.493 e. The molecule has 1 fully saturated rings. The lowest BCUT2D eigenvalue weighted by atomic mass is 10.0. The first-order valence-electron chi connectivity index (χ1n) is 7.33. The van der Waals surface area contributed by atoms with Gasteiger partial charge in [-0.05, 0) is 43.0 Å². The van der Waals surface area contributed by atoms with Crippen LogP contribution < -0.4 is 4.74 Å². The van der Waals surface area contributed by atoms with E-state index in [2.05, 4.69) is 30.1 Å². The van der Waals surface area contributed by atoms with Crippen LogP contribution in [0.5, 0.6) is 5.75 Å². The normalized spacial score (nSPS) is 25.6. The van der Waals surface area contributed by atoms with Crippen LogP contribution in [0.2, 0.25) is 0 Å². The van der Waals surface area contributed by atoms with Gasteiger partial charge in [-0.3, -0.25) is 0 Å². The van der Waals surface area contributed by atoms with Gasteiger partial charge in [-0.2, -0.15) is 0 Å². The van der Waals surface area contributed by atoms with E-state index in [1.165, 1.54) is 24.0 Å². The minimum atomic E-state index is -0.0872. The van der Waals surface area contributed by atoms with E-state index < -0.39 is 0 Å². The van der Waals surface area contributed by atoms with E-state index in [1.807, 2.05) is 0 Å². The zero-order valence-corrected chi connectivity index (χ0v) is 11.6. The number of benzene rings is 1. The Labute approximate surface area is 115 Å². The first-order valence-corrected chi connectivity index (χ1v) is 7.33. The van der Waals surface area contributed by atoms with Crippen LogP contribution >= 0.6 is 0 Å². The highest BCUT2D eigenvalue weighted by atomic mass is 16.5. The lowest BCUT2D eigenvalue weighted by Gasteiger charge is -2.23. The van der Waals surface area contributed by atoms with Crippen molar-refractivity contribution in [3.05, 3.63) is 29.3 Å². The van der Waals surface area contributed by atoms with Crippen molar-refractivity contribution < 1.29 is 9.84 Å². The molecule has 1 aliphatic carbocycles. The Morgan fingerprint density at radius 2 is 2.26 bits per heavy atom. The molecule has 0 amide bonds. The van der Waals surface area contributed by atoms with Gasteiger partial charge < -0.3 is 14.7 Å². The standard InChI is InChI=1S/C16H23NO2/c1-17(11-14-3-2-4-15(14)18)10-12-5-6-16-13(9-12)7-8-19-16/h5-6,9,14-15,18H,2-4,7-8,10-11H2,1H3. The van der Waals surface area contributed by atoms with Crippen molar-refractivity contribution in [2.45, 2.75) is 38.3 Å². The number of hydrogen-bond donors (Lipinski definition) is 1. The predicted molar refractivity (Wildman–Crippen MR) is 75.3 cm³/mol. The fourth-order valence-corrected chi connectivity index (χ4v) is 3.35. The van der Waals surface area contributed by atoms with Gasteiger partial charge in [0.15, 0.2) is 0 Å². The van der Waals surface area contributed by atoms with Crippen LogP contribution in [0.25, 0.3) is 0 Å². The molecular weight excluding hydrogens is 238 g/mol. The third-order valence-electron chi connectivity index (χ3n) is 4.37. The third kappa shape index (κ3) is 2.93. The average Bonchev–Trinajstić information content (AvgIpc) is 2.98. The number of hydrogen-bond acceptors (Lipinski definition) is 3. The minimum absolute atomic E-state index is 0.0872. The predicted octanol–water partition coefficient (Wildman–Crippen LogP) is 2.21. The lowest BCUT2D eigenvalue weighted by molar-refractivity contribution is 0.108. The molecule has 0 spiro atoms. The van der Waals surface area contributed by atoms with Crippen LogP contribution in [-0.4, -0.2) is 36.3 Å². The molecule has 104 valence electrons. The zero-order chi connectivity index (χ0) is 13.2. The third-order valence-corrected chi connectivity index (χ3v) is 4.37. The summed E-state index contributed by atoms with van der Waals surface area (Å²) in [4.78, 5) is 2.33. The number of fused-ring (bicyclic) bond motifs is 1. The lowest BCUT2D eigenvalue weighted by Crippen LogP contribution is -2.29. The summed E-state index contributed by atoms with van der Waals surface area (Å²) in [6.45, 7) is 2.77. The Bertz CT molecular complexity index is 446. The summed E-state index contributed by atoms with van der Waals surface area (Å²) in [5, 5.41) is 9.89. The van der Waals surface area contributed by atoms with Gasteiger partial charge in [0, 0.05) is 19.5 Å². The Hall–Kier alpha value is -1.06. The van der Waals surface area contributed by atoms with Crippen LogP contribution in [0.15, 0.2) is 18.2 Å². The second kappa shape index (κ2) is 5.51. The Kier molecular flexibility index (Phi) is 3.76. The monoisotopic (exact) mass is 261 g/mol. The van der Waals surface area contributed by atoms with Crippen molar-refractivity contribution in [3.8, 4) is 5.75 Å². The van der Waals surface area contributed by atoms with E-state index in [4.69, 9.17) is 4.74 Å². The van der Waals surface area contributed by atoms with Gasteiger partial charge in [0.05, 0.1) is 12.7 Å². The Balaban J connectivity index is 1.58. The second-order valence-corrected chi connectivity index (χ2v) is 6.00. The molecule has 2 aliphatic rings. The van der Waals surface area contributed by atoms with Gasteiger partial charge in [-0.25, -0.2) is 0 Å². The molecule has 1 heterocycles. The molecule has 1 aliphatic heterocycles. The summed E-state index contributed by atoms with van der Waals surface area (Å²) >= 11 is 0. The van der Waals surface area contributed by atoms with Gasteiger partial charge in [0.1, 0.15) is 5.75 Å². The number of aliphatic hydroxyl groups excluding tert-OH is 1. The highest BCUT2D eigenvalue weighted by Crippen LogP contribution is 2.28. The summed E-state index contributed by atoms with van der Waals surface area (Å²) in [6, 6.07) is 6.52. The number of aliphatic hydroxyl groups is 1. The maximum absolute atomic E-state index is 9.89. The Morgan fingerprint density at radius 3 is 3.05 bits per heavy atom. The number of nitrogens with zero attached hydrogens (tertiary/aromatic N) is 1. The van der Waals surface area contributed by atoms with Crippen LogP contribution in [0.4, 0.5) is 0 Å². The molecule has 2 unspecified atom stereocenters. The number of rotatable bonds is 4. The average molecular weight is 261 g/mol. The molecule has 3 nitrogen and oxygen atoms in total. The first-order chi connectivity index (χ1) is 9.22. The van der Waals surface area contributed by atoms with Crippen molar-refractivity contribution in [3.63, 3.8) is 0 Å². The maximum atomic E-state index is 9.89. The summed E-state index contributed by atoms with van der Waals surface area (Å²) in [5.74, 6) is 1.51. The van der Waals surface area contributed by atoms with Crippen molar-refractivity contribution in [1.82, 2.24) is 4.90 Å². The van der Waals surface area contributed by atoms with E-state index >= 15 is 0 Å². The molecule has 0 saturated heterocycles. The zero-order valence-electron chi connectivity index (χ0n) is 11.6. The van der Waals surface area contributed by atoms with Crippen LogP contribution in [-0.2, 0) is 13.0 Å². The molecule has 0 aromatic heterocycles. The van der Waals surface area contributed by atoms with Crippen LogP contribution in [0.1, 0.15) is 30.4 Å². The topological polar surface area (TPSA) is 32.7 Å². The van der Waals surface area contributed by atoms with Gasteiger partial charge in [0.25, 0.3) is 0 Å². The molecule has 1 aromatic carbocycles. The number of ether oxygens (including phenoxy) is 1. The first kappa shape index (κ1) is 12.9. The van der Waals surface area contributed by atoms with E-state index in [0.29, 0.717) is 5.92 Å². The molecule has 1 N–H and O–H groups in total. The highest BCUT2D eigenvalue weighted by molar-refractivity contribution is 5.39. The molecule has 0 radical (unpaired) electrons. The van der Waals surface area contributed by atoms with Crippen LogP contribution in [0, 0.1) is 5.92 Å². The van der Waals surface area contributed by atoms with Gasteiger partial charge in [0.2, 0.25) is 0 Å². The van der Waals surface area contributed by atoms with E-state index in [9.17, 15) is 5.11 Å². The SMILES string of the molecule is CN(Cc1ccc2c(c1)CCO2)CC1CCCC1O. The van der Waals surface area contributed by atoms with Gasteiger partial charge in [-0.15, -0.1) is 0 Å². The molecule has 3 rings (SSSR count). The molecular formula is C16H23NO2. The van der Waals surface area contributed by atoms with Crippen molar-refractivity contribution >= 4 is 0 Å². The second-order valence-electron chi connectivity index (χ2n) is 6.00. The molecule has 0 bridgehead atoms. The van der Waals surface area contributed by atoms with Crippen molar-refractivity contribution in [2.24, 2.45) is 5.92 Å². The quantitative estimate of drug-likeness (QED) is 0.902. The fourth-order valence-electron chi connectivity index (χ4n) is 3.35. The molecule has 19 heavy (non-hydrogen) atoms. The Morgan fingerprint density at radius 1 is 1.37 bits per heavy atom. The van der Waals surface area contributed by atoms with Crippen molar-refractivity contribution in [2.75, 3.05) is 20.2 Å². The molecule has 1 aromatic rings. The van der Waals surface area contributed by atoms with E-state index in [1.54, 1.807) is 0 Å². The van der Waals surface area contributed by atoms with E-state index in [0.717, 1.165) is 38.3 Å². The molecule has 3 heteroatoms. The van der Waals surface area contributed by atoms with E-state index in [-0.39, 0.29) is 6.10 Å². The summed E-state index contributed by atoms with van der Waals surface area (Å²) in [5.41, 5.74) is 2.69. The summed E-state index contributed by atoms with van der Waals surface area (Å²) < 4.78 is 5.53. The summed E-state index contributed by atoms with van der Waals surface area (Å²) in [6.07, 6.45) is 4.28. The summed E-state index contributed by atoms with van der Waals surface area (Å²) in [7, 11) is 2.15. The fraction of sp³-hybridized carbons (Fsp3) is 0.625. The van der Waals surface area contributed by atoms with Gasteiger partial charge >= 0.3 is 0 Å². The minimum Gasteiger partial charge on any atom is -0.493 e. The highest BCUT2D eigenvalue weighted by Gasteiger charge is 2.26. The van der Waals surface area contributed by atoms with Crippen LogP contribution in [0.3, 0.4) is 0 Å². The molecule has 1 saturated carbocycles.